The lowest BCUT2D eigenvalue weighted by Gasteiger charge is -2.28. The van der Waals surface area contributed by atoms with E-state index in [4.69, 9.17) is 18.5 Å². The van der Waals surface area contributed by atoms with Crippen LogP contribution in [0.2, 0.25) is 0 Å². The van der Waals surface area contributed by atoms with Gasteiger partial charge in [-0.15, -0.1) is 0 Å². The zero-order valence-corrected chi connectivity index (χ0v) is 54.0. The van der Waals surface area contributed by atoms with E-state index < -0.39 is 26.5 Å². The Hall–Kier alpha value is -1.77. The SMILES string of the molecule is CCCCCCC/C=C\C/C=C\CCCCCCCCCCCCCCCCCCCCCCCCCCCC(=O)OC(COC(=O)CCCCCCCCC/C=C\CCCCCCCCC)COP(=O)([O-])OCC[N+](C)(C)C. The summed E-state index contributed by atoms with van der Waals surface area (Å²) >= 11 is 0. The second-order valence-electron chi connectivity index (χ2n) is 24.5. The Morgan fingerprint density at radius 1 is 0.392 bits per heavy atom. The lowest BCUT2D eigenvalue weighted by molar-refractivity contribution is -0.870. The van der Waals surface area contributed by atoms with Gasteiger partial charge in [0.05, 0.1) is 27.7 Å². The highest BCUT2D eigenvalue weighted by Gasteiger charge is 2.22. The molecule has 0 aliphatic carbocycles. The monoisotopic (exact) mass is 1130 g/mol. The molecule has 0 radical (unpaired) electrons. The molecule has 0 saturated carbocycles. The largest absolute Gasteiger partial charge is 0.756 e. The van der Waals surface area contributed by atoms with Crippen molar-refractivity contribution in [2.75, 3.05) is 47.5 Å². The number of rotatable bonds is 64. The quantitative estimate of drug-likeness (QED) is 0.0195. The molecule has 466 valence electrons. The third-order valence-corrected chi connectivity index (χ3v) is 16.3. The number of hydrogen-bond donors (Lipinski definition) is 0. The van der Waals surface area contributed by atoms with Gasteiger partial charge >= 0.3 is 11.9 Å². The van der Waals surface area contributed by atoms with Crippen LogP contribution in [0.15, 0.2) is 36.5 Å². The van der Waals surface area contributed by atoms with Crippen LogP contribution in [0.25, 0.3) is 0 Å². The number of ether oxygens (including phenoxy) is 2. The van der Waals surface area contributed by atoms with Crippen molar-refractivity contribution < 1.29 is 42.1 Å². The second-order valence-corrected chi connectivity index (χ2v) is 25.9. The minimum atomic E-state index is -4.64. The van der Waals surface area contributed by atoms with E-state index in [2.05, 4.69) is 50.3 Å². The minimum Gasteiger partial charge on any atom is -0.756 e. The molecule has 0 aromatic heterocycles. The average molecular weight is 1130 g/mol. The fourth-order valence-electron chi connectivity index (χ4n) is 10.1. The molecular weight excluding hydrogens is 1000 g/mol. The average Bonchev–Trinajstić information content (AvgIpc) is 3.41. The van der Waals surface area contributed by atoms with Crippen LogP contribution < -0.4 is 4.89 Å². The van der Waals surface area contributed by atoms with Crippen molar-refractivity contribution in [3.05, 3.63) is 36.5 Å². The lowest BCUT2D eigenvalue weighted by atomic mass is 10.0. The van der Waals surface area contributed by atoms with E-state index in [1.807, 2.05) is 21.1 Å². The van der Waals surface area contributed by atoms with Crippen LogP contribution in [0.4, 0.5) is 0 Å². The molecule has 0 aromatic rings. The van der Waals surface area contributed by atoms with E-state index in [-0.39, 0.29) is 32.0 Å². The Bertz CT molecular complexity index is 1430. The summed E-state index contributed by atoms with van der Waals surface area (Å²) in [6, 6.07) is 0. The summed E-state index contributed by atoms with van der Waals surface area (Å²) in [5.41, 5.74) is 0. The molecule has 79 heavy (non-hydrogen) atoms. The predicted octanol–water partition coefficient (Wildman–Crippen LogP) is 21.3. The first-order valence-electron chi connectivity index (χ1n) is 34.2. The van der Waals surface area contributed by atoms with Crippen molar-refractivity contribution >= 4 is 19.8 Å². The van der Waals surface area contributed by atoms with Gasteiger partial charge in [0, 0.05) is 12.8 Å². The van der Waals surface area contributed by atoms with Crippen molar-refractivity contribution in [1.82, 2.24) is 0 Å². The Morgan fingerprint density at radius 2 is 0.684 bits per heavy atom. The van der Waals surface area contributed by atoms with E-state index in [1.54, 1.807) is 0 Å². The zero-order chi connectivity index (χ0) is 57.7. The van der Waals surface area contributed by atoms with E-state index in [0.717, 1.165) is 44.9 Å². The van der Waals surface area contributed by atoms with E-state index in [0.29, 0.717) is 17.4 Å². The van der Waals surface area contributed by atoms with Crippen LogP contribution in [0.3, 0.4) is 0 Å². The lowest BCUT2D eigenvalue weighted by Crippen LogP contribution is -2.37. The van der Waals surface area contributed by atoms with E-state index in [1.165, 1.54) is 263 Å². The van der Waals surface area contributed by atoms with Crippen molar-refractivity contribution in [2.24, 2.45) is 0 Å². The number of carbonyl (C=O) groups is 2. The molecule has 0 bridgehead atoms. The molecule has 0 rings (SSSR count). The van der Waals surface area contributed by atoms with Gasteiger partial charge in [0.1, 0.15) is 19.8 Å². The Kier molecular flexibility index (Phi) is 59.4. The Balaban J connectivity index is 3.93. The molecule has 0 aliphatic heterocycles. The fourth-order valence-corrected chi connectivity index (χ4v) is 10.8. The second kappa shape index (κ2) is 60.8. The van der Waals surface area contributed by atoms with Gasteiger partial charge in [-0.25, -0.2) is 0 Å². The van der Waals surface area contributed by atoms with Gasteiger partial charge in [0.2, 0.25) is 0 Å². The molecule has 0 spiro atoms. The van der Waals surface area contributed by atoms with Gasteiger partial charge in [-0.1, -0.05) is 294 Å². The van der Waals surface area contributed by atoms with Crippen LogP contribution in [0, 0.1) is 0 Å². The van der Waals surface area contributed by atoms with Crippen molar-refractivity contribution in [3.8, 4) is 0 Å². The van der Waals surface area contributed by atoms with Gasteiger partial charge in [0.25, 0.3) is 7.82 Å². The molecule has 0 N–H and O–H groups in total. The van der Waals surface area contributed by atoms with Crippen molar-refractivity contribution in [1.29, 1.82) is 0 Å². The fraction of sp³-hybridized carbons (Fsp3) is 0.884. The van der Waals surface area contributed by atoms with Crippen LogP contribution >= 0.6 is 7.82 Å². The molecule has 0 heterocycles. The number of phosphoric ester groups is 1. The number of nitrogens with zero attached hydrogens (tertiary/aromatic N) is 1. The molecule has 2 atom stereocenters. The van der Waals surface area contributed by atoms with E-state index >= 15 is 0 Å². The summed E-state index contributed by atoms with van der Waals surface area (Å²) < 4.78 is 34.3. The molecule has 0 aliphatic rings. The van der Waals surface area contributed by atoms with Crippen LogP contribution in [0.1, 0.15) is 341 Å². The van der Waals surface area contributed by atoms with E-state index in [9.17, 15) is 19.0 Å². The van der Waals surface area contributed by atoms with Crippen molar-refractivity contribution in [3.63, 3.8) is 0 Å². The van der Waals surface area contributed by atoms with Crippen molar-refractivity contribution in [2.45, 2.75) is 347 Å². The first-order valence-corrected chi connectivity index (χ1v) is 35.7. The summed E-state index contributed by atoms with van der Waals surface area (Å²) in [6.07, 6.45) is 76.6. The highest BCUT2D eigenvalue weighted by Crippen LogP contribution is 2.38. The maximum atomic E-state index is 12.8. The smallest absolute Gasteiger partial charge is 0.306 e. The number of phosphoric acid groups is 1. The molecule has 0 aromatic carbocycles. The summed E-state index contributed by atoms with van der Waals surface area (Å²) in [4.78, 5) is 38.0. The third-order valence-electron chi connectivity index (χ3n) is 15.4. The molecule has 0 fully saturated rings. The molecule has 10 heteroatoms. The number of quaternary nitrogens is 1. The summed E-state index contributed by atoms with van der Waals surface area (Å²) in [5, 5.41) is 0. The van der Waals surface area contributed by atoms with Gasteiger partial charge < -0.3 is 27.9 Å². The molecule has 2 unspecified atom stereocenters. The molecular formula is C69H132NO8P. The van der Waals surface area contributed by atoms with Gasteiger partial charge in [-0.2, -0.15) is 0 Å². The molecule has 0 amide bonds. The summed E-state index contributed by atoms with van der Waals surface area (Å²) in [7, 11) is 1.18. The van der Waals surface area contributed by atoms with Crippen LogP contribution in [-0.2, 0) is 32.7 Å². The van der Waals surface area contributed by atoms with Gasteiger partial charge in [0.15, 0.2) is 6.10 Å². The third kappa shape index (κ3) is 65.3. The highest BCUT2D eigenvalue weighted by atomic mass is 31.2. The number of esters is 2. The number of allylic oxidation sites excluding steroid dienone is 6. The van der Waals surface area contributed by atoms with Crippen LogP contribution in [-0.4, -0.2) is 70.0 Å². The van der Waals surface area contributed by atoms with Crippen LogP contribution in [0.5, 0.6) is 0 Å². The number of carbonyl (C=O) groups excluding carboxylic acids is 2. The Labute approximate surface area is 491 Å². The maximum absolute atomic E-state index is 12.8. The van der Waals surface area contributed by atoms with Gasteiger partial charge in [-0.05, 0) is 70.6 Å². The maximum Gasteiger partial charge on any atom is 0.306 e. The first-order chi connectivity index (χ1) is 38.5. The summed E-state index contributed by atoms with van der Waals surface area (Å²) in [6.45, 7) is 4.28. The number of hydrogen-bond acceptors (Lipinski definition) is 8. The molecule has 0 saturated heterocycles. The molecule has 9 nitrogen and oxygen atoms in total. The predicted molar refractivity (Wildman–Crippen MR) is 337 cm³/mol. The minimum absolute atomic E-state index is 0.0289. The standard InChI is InChI=1S/C69H132NO8P/c1-6-8-10-12-14-16-18-20-22-24-26-27-28-29-30-31-32-33-34-35-36-37-38-39-40-41-42-43-44-46-48-50-52-54-56-58-60-62-69(72)78-67(66-77-79(73,74)76-64-63-70(3,4)5)65-75-68(71)61-59-57-55-53-51-49-47-45-25-23-21-19-17-15-13-11-9-7-2/h18,20,23-26,67H,6-17,19,21-22,27-66H2,1-5H3/b20-18-,25-23-,26-24-. The topological polar surface area (TPSA) is 111 Å². The summed E-state index contributed by atoms with van der Waals surface area (Å²) in [5.74, 6) is -0.820. The number of likely N-dealkylation sites (N-methyl/N-ethyl adjacent to an activating group) is 1. The normalized spacial score (nSPS) is 13.3. The first kappa shape index (κ1) is 77.2. The number of unbranched alkanes of at least 4 members (excludes halogenated alkanes) is 44. The van der Waals surface area contributed by atoms with Gasteiger partial charge in [-0.3, -0.25) is 14.2 Å². The Morgan fingerprint density at radius 3 is 1.01 bits per heavy atom. The highest BCUT2D eigenvalue weighted by molar-refractivity contribution is 7.45. The zero-order valence-electron chi connectivity index (χ0n) is 53.1.